The maximum Gasteiger partial charge on any atom is 0.224 e. The van der Waals surface area contributed by atoms with E-state index in [1.807, 2.05) is 35.2 Å². The van der Waals surface area contributed by atoms with Gasteiger partial charge in [0.05, 0.1) is 0 Å². The number of nitrogens with zero attached hydrogens (tertiary/aromatic N) is 1. The van der Waals surface area contributed by atoms with Crippen LogP contribution < -0.4 is 27.2 Å². The number of hydrogen-bond donors (Lipinski definition) is 4. The fourth-order valence-corrected chi connectivity index (χ4v) is 5.00. The molecule has 0 saturated carbocycles. The van der Waals surface area contributed by atoms with Crippen molar-refractivity contribution in [3.63, 3.8) is 0 Å². The first-order valence-corrected chi connectivity index (χ1v) is 15.0. The first kappa shape index (κ1) is 35.4. The van der Waals surface area contributed by atoms with Crippen molar-refractivity contribution in [3.8, 4) is 11.1 Å². The van der Waals surface area contributed by atoms with Gasteiger partial charge in [0.25, 0.3) is 0 Å². The topological polar surface area (TPSA) is 113 Å². The Balaban J connectivity index is 0.000000435. The summed E-state index contributed by atoms with van der Waals surface area (Å²) in [5.41, 5.74) is 14.0. The first-order valence-electron chi connectivity index (χ1n) is 15.0. The molecule has 2 aromatic rings. The highest BCUT2D eigenvalue weighted by Crippen LogP contribution is 2.37. The van der Waals surface area contributed by atoms with E-state index in [2.05, 4.69) is 63.2 Å². The molecule has 0 aromatic heterocycles. The van der Waals surface area contributed by atoms with Crippen LogP contribution >= 0.6 is 0 Å². The zero-order valence-corrected chi connectivity index (χ0v) is 25.9. The Hall–Kier alpha value is -3.58. The van der Waals surface area contributed by atoms with Gasteiger partial charge in [-0.05, 0) is 79.0 Å². The molecule has 41 heavy (non-hydrogen) atoms. The number of carbonyl (C=O) groups excluding carboxylic acids is 2. The molecular formula is C34H53N5O2. The van der Waals surface area contributed by atoms with Crippen LogP contribution in [-0.2, 0) is 16.0 Å². The van der Waals surface area contributed by atoms with Crippen LogP contribution in [0.15, 0.2) is 67.0 Å². The van der Waals surface area contributed by atoms with Crippen molar-refractivity contribution in [2.75, 3.05) is 10.2 Å². The summed E-state index contributed by atoms with van der Waals surface area (Å²) in [6.45, 7) is 14.0. The summed E-state index contributed by atoms with van der Waals surface area (Å²) < 4.78 is 0. The third-order valence-corrected chi connectivity index (χ3v) is 7.17. The lowest BCUT2D eigenvalue weighted by atomic mass is 9.84. The fraction of sp³-hybridized carbons (Fsp3) is 0.471. The predicted molar refractivity (Wildman–Crippen MR) is 175 cm³/mol. The van der Waals surface area contributed by atoms with Gasteiger partial charge in [0.15, 0.2) is 0 Å². The van der Waals surface area contributed by atoms with E-state index in [1.165, 1.54) is 37.7 Å². The molecule has 1 unspecified atom stereocenters. The Morgan fingerprint density at radius 2 is 1.71 bits per heavy atom. The van der Waals surface area contributed by atoms with Crippen LogP contribution in [0.1, 0.15) is 91.5 Å². The summed E-state index contributed by atoms with van der Waals surface area (Å²) in [5, 5.41) is 2.65. The number of hydrazine groups is 1. The molecule has 2 amide bonds. The monoisotopic (exact) mass is 563 g/mol. The molecule has 2 atom stereocenters. The number of carbonyl (C=O) groups is 2. The molecular weight excluding hydrogens is 510 g/mol. The minimum Gasteiger partial charge on any atom is -0.401 e. The smallest absolute Gasteiger partial charge is 0.224 e. The molecule has 3 rings (SSSR count). The number of anilines is 2. The van der Waals surface area contributed by atoms with E-state index in [9.17, 15) is 9.59 Å². The molecule has 7 nitrogen and oxygen atoms in total. The maximum atomic E-state index is 12.2. The SMILES string of the molecule is C=CCCCC.CCCCC/C(N)=C/NN.CC[C@@H]1C(C)Cc2cc(-c3ccc(NC=O)cc3)ccc2N1C(C)=O. The lowest BCUT2D eigenvalue weighted by Crippen LogP contribution is -2.46. The third kappa shape index (κ3) is 12.2. The molecule has 0 bridgehead atoms. The van der Waals surface area contributed by atoms with Crippen molar-refractivity contribution < 1.29 is 9.59 Å². The second-order valence-corrected chi connectivity index (χ2v) is 10.5. The molecule has 6 N–H and O–H groups in total. The van der Waals surface area contributed by atoms with E-state index in [-0.39, 0.29) is 11.9 Å². The van der Waals surface area contributed by atoms with Crippen molar-refractivity contribution in [1.29, 1.82) is 0 Å². The highest BCUT2D eigenvalue weighted by Gasteiger charge is 2.33. The molecule has 0 aliphatic carbocycles. The van der Waals surface area contributed by atoms with E-state index in [4.69, 9.17) is 11.6 Å². The first-order chi connectivity index (χ1) is 19.8. The second-order valence-electron chi connectivity index (χ2n) is 10.5. The minimum absolute atomic E-state index is 0.108. The van der Waals surface area contributed by atoms with Crippen LogP contribution in [0, 0.1) is 5.92 Å². The van der Waals surface area contributed by atoms with Gasteiger partial charge in [0.2, 0.25) is 12.3 Å². The van der Waals surface area contributed by atoms with Gasteiger partial charge in [-0.3, -0.25) is 15.4 Å². The van der Waals surface area contributed by atoms with Crippen LogP contribution in [0.4, 0.5) is 11.4 Å². The fourth-order valence-electron chi connectivity index (χ4n) is 5.00. The summed E-state index contributed by atoms with van der Waals surface area (Å²) in [5.74, 6) is 5.58. The van der Waals surface area contributed by atoms with Gasteiger partial charge in [-0.2, -0.15) is 0 Å². The normalized spacial score (nSPS) is 15.8. The van der Waals surface area contributed by atoms with Gasteiger partial charge in [0.1, 0.15) is 0 Å². The van der Waals surface area contributed by atoms with Crippen LogP contribution in [0.5, 0.6) is 0 Å². The summed E-state index contributed by atoms with van der Waals surface area (Å²) >= 11 is 0. The lowest BCUT2D eigenvalue weighted by Gasteiger charge is -2.40. The number of fused-ring (bicyclic) bond motifs is 1. The highest BCUT2D eigenvalue weighted by atomic mass is 16.2. The lowest BCUT2D eigenvalue weighted by molar-refractivity contribution is -0.117. The number of benzene rings is 2. The Morgan fingerprint density at radius 1 is 1.05 bits per heavy atom. The molecule has 0 spiro atoms. The molecule has 0 fully saturated rings. The number of rotatable bonds is 12. The average Bonchev–Trinajstić information content (AvgIpc) is 2.96. The summed E-state index contributed by atoms with van der Waals surface area (Å²) in [4.78, 5) is 24.7. The molecule has 1 heterocycles. The van der Waals surface area contributed by atoms with Crippen molar-refractivity contribution in [2.24, 2.45) is 17.5 Å². The molecule has 0 radical (unpaired) electrons. The Kier molecular flexibility index (Phi) is 17.6. The molecule has 1 aliphatic rings. The number of nitrogens with one attached hydrogen (secondary N) is 2. The third-order valence-electron chi connectivity index (χ3n) is 7.17. The predicted octanol–water partition coefficient (Wildman–Crippen LogP) is 7.44. The van der Waals surface area contributed by atoms with Crippen molar-refractivity contribution in [2.45, 2.75) is 98.4 Å². The van der Waals surface area contributed by atoms with Gasteiger partial charge < -0.3 is 21.4 Å². The van der Waals surface area contributed by atoms with Gasteiger partial charge >= 0.3 is 0 Å². The maximum absolute atomic E-state index is 12.2. The second kappa shape index (κ2) is 20.3. The number of nitrogens with two attached hydrogens (primary N) is 2. The van der Waals surface area contributed by atoms with Gasteiger partial charge in [-0.15, -0.1) is 6.58 Å². The standard InChI is InChI=1S/C21H24N2O2.C7H17N3.C6H12/c1-4-20-14(2)11-18-12-17(7-10-21(18)23(20)15(3)25)16-5-8-19(9-6-16)22-13-24;1-2-3-4-5-7(8)6-10-9;1-3-5-6-4-2/h5-10,12-14,20H,4,11H2,1-3H3,(H,22,24);6,10H,2-5,8-9H2,1H3;3H,1,4-6H2,2H3/b;7-6-;/t14?,20-;;/m1../s1. The Morgan fingerprint density at radius 3 is 2.22 bits per heavy atom. The van der Waals surface area contributed by atoms with Gasteiger partial charge in [-0.25, -0.2) is 0 Å². The Bertz CT molecular complexity index is 1080. The number of hydrogen-bond acceptors (Lipinski definition) is 5. The van der Waals surface area contributed by atoms with E-state index in [0.717, 1.165) is 53.9 Å². The van der Waals surface area contributed by atoms with E-state index in [1.54, 1.807) is 13.1 Å². The quantitative estimate of drug-likeness (QED) is 0.0705. The average molecular weight is 564 g/mol. The minimum atomic E-state index is 0.108. The van der Waals surface area contributed by atoms with Gasteiger partial charge in [0, 0.05) is 36.2 Å². The summed E-state index contributed by atoms with van der Waals surface area (Å²) in [7, 11) is 0. The van der Waals surface area contributed by atoms with E-state index < -0.39 is 0 Å². The molecule has 226 valence electrons. The molecule has 0 saturated heterocycles. The summed E-state index contributed by atoms with van der Waals surface area (Å²) in [6.07, 6.45) is 14.5. The van der Waals surface area contributed by atoms with Crippen LogP contribution in [-0.4, -0.2) is 18.4 Å². The molecule has 7 heteroatoms. The van der Waals surface area contributed by atoms with Crippen LogP contribution in [0.25, 0.3) is 11.1 Å². The molecule has 2 aromatic carbocycles. The Labute approximate surface area is 248 Å². The van der Waals surface area contributed by atoms with Crippen molar-refractivity contribution >= 4 is 23.7 Å². The van der Waals surface area contributed by atoms with E-state index in [0.29, 0.717) is 12.3 Å². The summed E-state index contributed by atoms with van der Waals surface area (Å²) in [6, 6.07) is 14.4. The van der Waals surface area contributed by atoms with E-state index >= 15 is 0 Å². The molecule has 1 aliphatic heterocycles. The highest BCUT2D eigenvalue weighted by molar-refractivity contribution is 5.94. The number of amides is 2. The zero-order valence-electron chi connectivity index (χ0n) is 25.9. The van der Waals surface area contributed by atoms with Crippen LogP contribution in [0.2, 0.25) is 0 Å². The zero-order chi connectivity index (χ0) is 30.6. The van der Waals surface area contributed by atoms with Crippen LogP contribution in [0.3, 0.4) is 0 Å². The number of unbranched alkanes of at least 4 members (excludes halogenated alkanes) is 4. The van der Waals surface area contributed by atoms with Crippen molar-refractivity contribution in [3.05, 3.63) is 72.6 Å². The number of allylic oxidation sites excluding steroid dienone is 2. The van der Waals surface area contributed by atoms with Crippen molar-refractivity contribution in [1.82, 2.24) is 5.43 Å². The largest absolute Gasteiger partial charge is 0.401 e. The van der Waals surface area contributed by atoms with Gasteiger partial charge in [-0.1, -0.05) is 77.7 Å².